The van der Waals surface area contributed by atoms with E-state index in [2.05, 4.69) is 38.4 Å². The molecule has 128 valence electrons. The number of piperidine rings is 1. The predicted octanol–water partition coefficient (Wildman–Crippen LogP) is 2.77. The first-order valence-corrected chi connectivity index (χ1v) is 8.56. The van der Waals surface area contributed by atoms with Crippen LogP contribution in [0, 0.1) is 5.92 Å². The molecular formula is C18H25N5O. The van der Waals surface area contributed by atoms with Gasteiger partial charge < -0.3 is 15.0 Å². The predicted molar refractivity (Wildman–Crippen MR) is 95.6 cm³/mol. The van der Waals surface area contributed by atoms with Gasteiger partial charge in [0.2, 0.25) is 5.95 Å². The monoisotopic (exact) mass is 327 g/mol. The quantitative estimate of drug-likeness (QED) is 0.880. The maximum atomic E-state index is 5.38. The second-order valence-electron chi connectivity index (χ2n) is 6.30. The smallest absolute Gasteiger partial charge is 0.244 e. The third kappa shape index (κ3) is 4.13. The van der Waals surface area contributed by atoms with Gasteiger partial charge in [-0.1, -0.05) is 25.1 Å². The van der Waals surface area contributed by atoms with E-state index in [4.69, 9.17) is 4.74 Å². The van der Waals surface area contributed by atoms with Crippen molar-refractivity contribution in [1.29, 1.82) is 0 Å². The van der Waals surface area contributed by atoms with Gasteiger partial charge in [0.1, 0.15) is 5.75 Å². The zero-order valence-corrected chi connectivity index (χ0v) is 14.4. The molecule has 1 aliphatic heterocycles. The maximum absolute atomic E-state index is 5.38. The summed E-state index contributed by atoms with van der Waals surface area (Å²) in [5, 5.41) is 11.5. The Bertz CT molecular complexity index is 655. The number of nitrogens with zero attached hydrogens (tertiary/aromatic N) is 4. The molecule has 6 heteroatoms. The molecule has 2 aromatic rings. The fourth-order valence-corrected chi connectivity index (χ4v) is 2.98. The number of benzene rings is 1. The summed E-state index contributed by atoms with van der Waals surface area (Å²) in [5.74, 6) is 3.21. The normalized spacial score (nSPS) is 15.3. The Balaban J connectivity index is 1.57. The lowest BCUT2D eigenvalue weighted by molar-refractivity contribution is 0.410. The molecule has 1 saturated heterocycles. The van der Waals surface area contributed by atoms with Crippen molar-refractivity contribution in [3.05, 3.63) is 36.0 Å². The van der Waals surface area contributed by atoms with Crippen molar-refractivity contribution in [3.8, 4) is 5.75 Å². The number of ether oxygens (including phenoxy) is 1. The molecule has 24 heavy (non-hydrogen) atoms. The number of hydrogen-bond donors (Lipinski definition) is 1. The molecule has 0 spiro atoms. The molecule has 0 unspecified atom stereocenters. The molecule has 0 saturated carbocycles. The Morgan fingerprint density at radius 2 is 2.04 bits per heavy atom. The Kier molecular flexibility index (Phi) is 5.46. The summed E-state index contributed by atoms with van der Waals surface area (Å²) in [6.07, 6.45) is 5.02. The Morgan fingerprint density at radius 1 is 1.25 bits per heavy atom. The van der Waals surface area contributed by atoms with Gasteiger partial charge in [-0.05, 0) is 36.8 Å². The minimum atomic E-state index is 0.584. The average Bonchev–Trinajstić information content (AvgIpc) is 2.63. The Hall–Kier alpha value is -2.37. The highest BCUT2D eigenvalue weighted by atomic mass is 16.5. The van der Waals surface area contributed by atoms with Crippen molar-refractivity contribution in [2.24, 2.45) is 5.92 Å². The van der Waals surface area contributed by atoms with Crippen LogP contribution in [0.5, 0.6) is 5.75 Å². The summed E-state index contributed by atoms with van der Waals surface area (Å²) < 4.78 is 5.38. The minimum absolute atomic E-state index is 0.584. The molecule has 2 heterocycles. The van der Waals surface area contributed by atoms with Gasteiger partial charge in [0.15, 0.2) is 5.82 Å². The van der Waals surface area contributed by atoms with E-state index in [1.807, 2.05) is 18.2 Å². The Morgan fingerprint density at radius 3 is 2.83 bits per heavy atom. The van der Waals surface area contributed by atoms with Crippen molar-refractivity contribution in [3.63, 3.8) is 0 Å². The second kappa shape index (κ2) is 7.95. The first-order valence-electron chi connectivity index (χ1n) is 8.56. The molecule has 1 aromatic heterocycles. The largest absolute Gasteiger partial charge is 0.496 e. The van der Waals surface area contributed by atoms with Gasteiger partial charge in [-0.15, -0.1) is 5.10 Å². The summed E-state index contributed by atoms with van der Waals surface area (Å²) in [4.78, 5) is 6.90. The highest BCUT2D eigenvalue weighted by Gasteiger charge is 2.17. The van der Waals surface area contributed by atoms with Gasteiger partial charge in [-0.3, -0.25) is 0 Å². The second-order valence-corrected chi connectivity index (χ2v) is 6.30. The molecule has 1 aliphatic rings. The SMILES string of the molecule is COc1ccccc1CCNc1nncc(N2CCC(C)CC2)n1. The van der Waals surface area contributed by atoms with Crippen LogP contribution < -0.4 is 15.0 Å². The van der Waals surface area contributed by atoms with Crippen LogP contribution in [-0.4, -0.2) is 41.9 Å². The first kappa shape index (κ1) is 16.5. The molecular weight excluding hydrogens is 302 g/mol. The van der Waals surface area contributed by atoms with Crippen LogP contribution in [-0.2, 0) is 6.42 Å². The molecule has 0 radical (unpaired) electrons. The van der Waals surface area contributed by atoms with Crippen molar-refractivity contribution < 1.29 is 4.74 Å². The molecule has 0 aliphatic carbocycles. The average molecular weight is 327 g/mol. The maximum Gasteiger partial charge on any atom is 0.244 e. The van der Waals surface area contributed by atoms with Crippen LogP contribution in [0.2, 0.25) is 0 Å². The standard InChI is InChI=1S/C18H25N5O/c1-14-8-11-23(12-9-14)17-13-20-22-18(21-17)19-10-7-15-5-3-4-6-16(15)24-2/h3-6,13-14H,7-12H2,1-2H3,(H,19,21,22). The molecule has 1 N–H and O–H groups in total. The van der Waals surface area contributed by atoms with E-state index >= 15 is 0 Å². The zero-order chi connectivity index (χ0) is 16.8. The third-order valence-electron chi connectivity index (χ3n) is 4.52. The topological polar surface area (TPSA) is 63.2 Å². The van der Waals surface area contributed by atoms with E-state index in [1.165, 1.54) is 18.4 Å². The summed E-state index contributed by atoms with van der Waals surface area (Å²) in [5.41, 5.74) is 1.17. The van der Waals surface area contributed by atoms with E-state index in [0.717, 1.165) is 43.5 Å². The zero-order valence-electron chi connectivity index (χ0n) is 14.4. The van der Waals surface area contributed by atoms with Gasteiger partial charge >= 0.3 is 0 Å². The van der Waals surface area contributed by atoms with E-state index in [1.54, 1.807) is 13.3 Å². The summed E-state index contributed by atoms with van der Waals surface area (Å²) in [6.45, 7) is 5.13. The van der Waals surface area contributed by atoms with E-state index in [0.29, 0.717) is 5.95 Å². The lowest BCUT2D eigenvalue weighted by Crippen LogP contribution is -2.33. The lowest BCUT2D eigenvalue weighted by atomic mass is 9.99. The van der Waals surface area contributed by atoms with E-state index < -0.39 is 0 Å². The molecule has 0 bridgehead atoms. The van der Waals surface area contributed by atoms with Crippen molar-refractivity contribution >= 4 is 11.8 Å². The molecule has 0 amide bonds. The van der Waals surface area contributed by atoms with Crippen LogP contribution in [0.25, 0.3) is 0 Å². The van der Waals surface area contributed by atoms with Crippen LogP contribution in [0.4, 0.5) is 11.8 Å². The number of hydrogen-bond acceptors (Lipinski definition) is 6. The third-order valence-corrected chi connectivity index (χ3v) is 4.52. The number of aromatic nitrogens is 3. The first-order chi connectivity index (χ1) is 11.8. The van der Waals surface area contributed by atoms with Crippen LogP contribution in [0.15, 0.2) is 30.5 Å². The van der Waals surface area contributed by atoms with Crippen LogP contribution >= 0.6 is 0 Å². The molecule has 1 fully saturated rings. The van der Waals surface area contributed by atoms with E-state index in [-0.39, 0.29) is 0 Å². The number of para-hydroxylation sites is 1. The summed E-state index contributed by atoms with van der Waals surface area (Å²) in [7, 11) is 1.70. The van der Waals surface area contributed by atoms with Crippen molar-refractivity contribution in [1.82, 2.24) is 15.2 Å². The van der Waals surface area contributed by atoms with Crippen molar-refractivity contribution in [2.75, 3.05) is 37.0 Å². The van der Waals surface area contributed by atoms with Gasteiger partial charge in [-0.25, -0.2) is 0 Å². The summed E-state index contributed by atoms with van der Waals surface area (Å²) in [6, 6.07) is 8.05. The highest BCUT2D eigenvalue weighted by molar-refractivity contribution is 5.41. The van der Waals surface area contributed by atoms with E-state index in [9.17, 15) is 0 Å². The molecule has 3 rings (SSSR count). The van der Waals surface area contributed by atoms with Gasteiger partial charge in [0, 0.05) is 19.6 Å². The highest BCUT2D eigenvalue weighted by Crippen LogP contribution is 2.21. The van der Waals surface area contributed by atoms with Gasteiger partial charge in [-0.2, -0.15) is 10.1 Å². The fourth-order valence-electron chi connectivity index (χ4n) is 2.98. The number of nitrogens with one attached hydrogen (secondary N) is 1. The van der Waals surface area contributed by atoms with Crippen LogP contribution in [0.1, 0.15) is 25.3 Å². The minimum Gasteiger partial charge on any atom is -0.496 e. The van der Waals surface area contributed by atoms with Gasteiger partial charge in [0.25, 0.3) is 0 Å². The number of anilines is 2. The number of rotatable bonds is 6. The Labute approximate surface area is 143 Å². The molecule has 0 atom stereocenters. The van der Waals surface area contributed by atoms with Crippen LogP contribution in [0.3, 0.4) is 0 Å². The van der Waals surface area contributed by atoms with Gasteiger partial charge in [0.05, 0.1) is 13.3 Å². The molecule has 1 aromatic carbocycles. The summed E-state index contributed by atoms with van der Waals surface area (Å²) >= 11 is 0. The lowest BCUT2D eigenvalue weighted by Gasteiger charge is -2.30. The van der Waals surface area contributed by atoms with Crippen molar-refractivity contribution in [2.45, 2.75) is 26.2 Å². The fraction of sp³-hybridized carbons (Fsp3) is 0.500. The number of methoxy groups -OCH3 is 1. The molecule has 6 nitrogen and oxygen atoms in total.